The third-order valence-corrected chi connectivity index (χ3v) is 4.83. The Balaban J connectivity index is 2.13. The molecule has 0 saturated carbocycles. The van der Waals surface area contributed by atoms with Crippen molar-refractivity contribution in [3.8, 4) is 0 Å². The van der Waals surface area contributed by atoms with Crippen LogP contribution >= 0.6 is 15.9 Å². The van der Waals surface area contributed by atoms with Gasteiger partial charge in [0.25, 0.3) is 5.91 Å². The second-order valence-electron chi connectivity index (χ2n) is 8.06. The number of hydrogen-bond acceptors (Lipinski definition) is 3. The number of esters is 1. The first kappa shape index (κ1) is 22.2. The molecular weight excluding hydrogens is 418 g/mol. The maximum Gasteiger partial charge on any atom is 0.338 e. The molecule has 0 saturated heterocycles. The van der Waals surface area contributed by atoms with E-state index in [1.54, 1.807) is 12.1 Å². The topological polar surface area (TPSA) is 46.6 Å². The Morgan fingerprint density at radius 1 is 0.929 bits per heavy atom. The third-order valence-electron chi connectivity index (χ3n) is 4.18. The second kappa shape index (κ2) is 9.37. The van der Waals surface area contributed by atoms with Crippen LogP contribution in [0.25, 0.3) is 0 Å². The monoisotopic (exact) mass is 445 g/mol. The molecule has 0 atom stereocenters. The van der Waals surface area contributed by atoms with Crippen LogP contribution in [-0.2, 0) is 16.6 Å². The lowest BCUT2D eigenvalue weighted by molar-refractivity contribution is 0.00692. The Hall–Kier alpha value is -2.14. The summed E-state index contributed by atoms with van der Waals surface area (Å²) in [6, 6.07) is 14.9. The highest BCUT2D eigenvalue weighted by Crippen LogP contribution is 2.17. The fourth-order valence-corrected chi connectivity index (χ4v) is 3.04. The number of nitrogens with zero attached hydrogens (tertiary/aromatic N) is 1. The minimum Gasteiger partial charge on any atom is -0.456 e. The van der Waals surface area contributed by atoms with E-state index in [1.807, 2.05) is 75.9 Å². The SMILES string of the molecule is CC(C)N(Cc1ccc(C(=O)OC(C)(C)C)cc1)C(=O)c1ccc(CBr)cc1. The van der Waals surface area contributed by atoms with Gasteiger partial charge in [-0.05, 0) is 70.0 Å². The number of carbonyl (C=O) groups excluding carboxylic acids is 2. The van der Waals surface area contributed by atoms with E-state index in [4.69, 9.17) is 4.74 Å². The van der Waals surface area contributed by atoms with Crippen molar-refractivity contribution < 1.29 is 14.3 Å². The number of amides is 1. The van der Waals surface area contributed by atoms with Crippen molar-refractivity contribution in [2.24, 2.45) is 0 Å². The van der Waals surface area contributed by atoms with E-state index in [1.165, 1.54) is 0 Å². The first-order valence-electron chi connectivity index (χ1n) is 9.39. The Bertz CT molecular complexity index is 805. The van der Waals surface area contributed by atoms with Gasteiger partial charge in [-0.1, -0.05) is 40.2 Å². The Morgan fingerprint density at radius 2 is 1.43 bits per heavy atom. The van der Waals surface area contributed by atoms with Gasteiger partial charge in [0.05, 0.1) is 5.56 Å². The smallest absolute Gasteiger partial charge is 0.338 e. The van der Waals surface area contributed by atoms with E-state index >= 15 is 0 Å². The highest BCUT2D eigenvalue weighted by Gasteiger charge is 2.20. The van der Waals surface area contributed by atoms with Crippen molar-refractivity contribution in [2.45, 2.75) is 58.1 Å². The zero-order chi connectivity index (χ0) is 20.9. The summed E-state index contributed by atoms with van der Waals surface area (Å²) in [4.78, 5) is 26.9. The molecule has 0 unspecified atom stereocenters. The van der Waals surface area contributed by atoms with E-state index in [2.05, 4.69) is 15.9 Å². The molecule has 0 aliphatic heterocycles. The molecule has 0 aliphatic carbocycles. The molecule has 0 aromatic heterocycles. The number of benzene rings is 2. The van der Waals surface area contributed by atoms with E-state index in [0.717, 1.165) is 16.5 Å². The zero-order valence-electron chi connectivity index (χ0n) is 17.2. The maximum atomic E-state index is 13.0. The van der Waals surface area contributed by atoms with E-state index in [9.17, 15) is 9.59 Å². The van der Waals surface area contributed by atoms with Gasteiger partial charge in [-0.15, -0.1) is 0 Å². The van der Waals surface area contributed by atoms with Gasteiger partial charge >= 0.3 is 5.97 Å². The lowest BCUT2D eigenvalue weighted by Gasteiger charge is -2.27. The first-order chi connectivity index (χ1) is 13.1. The van der Waals surface area contributed by atoms with Gasteiger partial charge in [0.15, 0.2) is 0 Å². The quantitative estimate of drug-likeness (QED) is 0.430. The molecule has 2 aromatic rings. The Kier molecular flexibility index (Phi) is 7.41. The van der Waals surface area contributed by atoms with Gasteiger partial charge in [0.1, 0.15) is 5.60 Å². The fourth-order valence-electron chi connectivity index (χ4n) is 2.67. The summed E-state index contributed by atoms with van der Waals surface area (Å²) in [5.41, 5.74) is 2.74. The van der Waals surface area contributed by atoms with Crippen LogP contribution in [0.5, 0.6) is 0 Å². The normalized spacial score (nSPS) is 11.4. The van der Waals surface area contributed by atoms with Gasteiger partial charge in [0, 0.05) is 23.5 Å². The highest BCUT2D eigenvalue weighted by atomic mass is 79.9. The largest absolute Gasteiger partial charge is 0.456 e. The average molecular weight is 446 g/mol. The van der Waals surface area contributed by atoms with E-state index < -0.39 is 5.60 Å². The predicted octanol–water partition coefficient (Wildman–Crippen LogP) is 5.59. The molecule has 28 heavy (non-hydrogen) atoms. The van der Waals surface area contributed by atoms with Crippen LogP contribution in [0.2, 0.25) is 0 Å². The minimum absolute atomic E-state index is 0.00709. The summed E-state index contributed by atoms with van der Waals surface area (Å²) in [6.45, 7) is 10.0. The van der Waals surface area contributed by atoms with Gasteiger partial charge in [-0.3, -0.25) is 4.79 Å². The molecule has 4 nitrogen and oxygen atoms in total. The molecule has 2 aromatic carbocycles. The summed E-state index contributed by atoms with van der Waals surface area (Å²) in [5.74, 6) is -0.352. The van der Waals surface area contributed by atoms with Crippen molar-refractivity contribution in [1.29, 1.82) is 0 Å². The van der Waals surface area contributed by atoms with Gasteiger partial charge in [-0.25, -0.2) is 4.79 Å². The maximum absolute atomic E-state index is 13.0. The van der Waals surface area contributed by atoms with Crippen LogP contribution in [-0.4, -0.2) is 28.4 Å². The lowest BCUT2D eigenvalue weighted by atomic mass is 10.1. The van der Waals surface area contributed by atoms with Crippen LogP contribution in [0.1, 0.15) is 66.5 Å². The van der Waals surface area contributed by atoms with Crippen molar-refractivity contribution in [1.82, 2.24) is 4.90 Å². The van der Waals surface area contributed by atoms with Crippen molar-refractivity contribution in [3.63, 3.8) is 0 Å². The van der Waals surface area contributed by atoms with Crippen LogP contribution in [0.3, 0.4) is 0 Å². The molecular formula is C23H28BrNO3. The molecule has 5 heteroatoms. The fraction of sp³-hybridized carbons (Fsp3) is 0.391. The molecule has 0 fully saturated rings. The second-order valence-corrected chi connectivity index (χ2v) is 8.62. The van der Waals surface area contributed by atoms with Gasteiger partial charge < -0.3 is 9.64 Å². The molecule has 0 bridgehead atoms. The molecule has 2 rings (SSSR count). The molecule has 0 aliphatic rings. The van der Waals surface area contributed by atoms with Crippen LogP contribution in [0.4, 0.5) is 0 Å². The van der Waals surface area contributed by atoms with E-state index in [0.29, 0.717) is 17.7 Å². The molecule has 0 radical (unpaired) electrons. The summed E-state index contributed by atoms with van der Waals surface area (Å²) in [6.07, 6.45) is 0. The Labute approximate surface area is 176 Å². The number of halogens is 1. The van der Waals surface area contributed by atoms with E-state index in [-0.39, 0.29) is 17.9 Å². The molecule has 0 heterocycles. The lowest BCUT2D eigenvalue weighted by Crippen LogP contribution is -2.36. The van der Waals surface area contributed by atoms with Crippen molar-refractivity contribution >= 4 is 27.8 Å². The van der Waals surface area contributed by atoms with Gasteiger partial charge in [-0.2, -0.15) is 0 Å². The average Bonchev–Trinajstić information content (AvgIpc) is 2.64. The number of carbonyl (C=O) groups is 2. The molecule has 0 spiro atoms. The zero-order valence-corrected chi connectivity index (χ0v) is 18.7. The summed E-state index contributed by atoms with van der Waals surface area (Å²) in [7, 11) is 0. The van der Waals surface area contributed by atoms with Crippen LogP contribution in [0, 0.1) is 0 Å². The first-order valence-corrected chi connectivity index (χ1v) is 10.5. The third kappa shape index (κ3) is 6.20. The van der Waals surface area contributed by atoms with Crippen LogP contribution in [0.15, 0.2) is 48.5 Å². The summed E-state index contributed by atoms with van der Waals surface area (Å²) >= 11 is 3.42. The molecule has 150 valence electrons. The number of alkyl halides is 1. The Morgan fingerprint density at radius 3 is 1.89 bits per heavy atom. The van der Waals surface area contributed by atoms with Crippen molar-refractivity contribution in [3.05, 3.63) is 70.8 Å². The number of hydrogen-bond donors (Lipinski definition) is 0. The highest BCUT2D eigenvalue weighted by molar-refractivity contribution is 9.08. The standard InChI is InChI=1S/C23H28BrNO3/c1-16(2)25(21(26)19-10-6-17(14-24)7-11-19)15-18-8-12-20(13-9-18)22(27)28-23(3,4)5/h6-13,16H,14-15H2,1-5H3. The van der Waals surface area contributed by atoms with Crippen molar-refractivity contribution in [2.75, 3.05) is 0 Å². The summed E-state index contributed by atoms with van der Waals surface area (Å²) in [5, 5.41) is 0.763. The predicted molar refractivity (Wildman–Crippen MR) is 116 cm³/mol. The number of rotatable bonds is 6. The number of ether oxygens (including phenoxy) is 1. The van der Waals surface area contributed by atoms with Crippen LogP contribution < -0.4 is 0 Å². The minimum atomic E-state index is -0.527. The summed E-state index contributed by atoms with van der Waals surface area (Å²) < 4.78 is 5.39. The molecule has 0 N–H and O–H groups in total. The molecule has 1 amide bonds. The van der Waals surface area contributed by atoms with Gasteiger partial charge in [0.2, 0.25) is 0 Å².